The molecule has 80 valence electrons. The summed E-state index contributed by atoms with van der Waals surface area (Å²) in [4.78, 5) is 5.00. The molecular formula is C11H19BrN2. The van der Waals surface area contributed by atoms with E-state index in [9.17, 15) is 0 Å². The van der Waals surface area contributed by atoms with Crippen molar-refractivity contribution in [1.29, 1.82) is 0 Å². The first-order chi connectivity index (χ1) is 6.74. The van der Waals surface area contributed by atoms with Gasteiger partial charge in [-0.05, 0) is 19.3 Å². The predicted octanol–water partition coefficient (Wildman–Crippen LogP) is 3.40. The number of halogens is 1. The molecule has 0 saturated heterocycles. The quantitative estimate of drug-likeness (QED) is 0.716. The van der Waals surface area contributed by atoms with Crippen molar-refractivity contribution in [2.24, 2.45) is 0 Å². The van der Waals surface area contributed by atoms with Crippen LogP contribution in [-0.2, 0) is 13.0 Å². The Labute approximate surface area is 94.9 Å². The molecule has 1 atom stereocenters. The second kappa shape index (κ2) is 6.23. The van der Waals surface area contributed by atoms with Crippen molar-refractivity contribution in [3.8, 4) is 0 Å². The number of hydrogen-bond donors (Lipinski definition) is 0. The normalized spacial score (nSPS) is 13.1. The Morgan fingerprint density at radius 3 is 3.00 bits per heavy atom. The van der Waals surface area contributed by atoms with Gasteiger partial charge in [-0.2, -0.15) is 0 Å². The van der Waals surface area contributed by atoms with Crippen LogP contribution in [-0.4, -0.2) is 14.4 Å². The SMILES string of the molecule is CCCn1ccnc1CCCC(C)Br. The third-order valence-electron chi connectivity index (χ3n) is 2.27. The van der Waals surface area contributed by atoms with E-state index in [1.807, 2.05) is 6.20 Å². The van der Waals surface area contributed by atoms with Crippen LogP contribution in [0.25, 0.3) is 0 Å². The van der Waals surface area contributed by atoms with Crippen molar-refractivity contribution >= 4 is 15.9 Å². The van der Waals surface area contributed by atoms with Gasteiger partial charge in [-0.25, -0.2) is 4.98 Å². The van der Waals surface area contributed by atoms with E-state index in [2.05, 4.69) is 45.5 Å². The number of rotatable bonds is 6. The molecule has 0 spiro atoms. The van der Waals surface area contributed by atoms with Crippen molar-refractivity contribution in [3.05, 3.63) is 18.2 Å². The molecule has 1 heterocycles. The first kappa shape index (κ1) is 11.8. The van der Waals surface area contributed by atoms with Gasteiger partial charge >= 0.3 is 0 Å². The molecule has 0 radical (unpaired) electrons. The highest BCUT2D eigenvalue weighted by Gasteiger charge is 2.02. The highest BCUT2D eigenvalue weighted by molar-refractivity contribution is 9.09. The molecule has 0 fully saturated rings. The molecule has 1 rings (SSSR count). The van der Waals surface area contributed by atoms with E-state index in [-0.39, 0.29) is 0 Å². The zero-order valence-electron chi connectivity index (χ0n) is 9.04. The number of hydrogen-bond acceptors (Lipinski definition) is 1. The molecule has 1 aromatic heterocycles. The summed E-state index contributed by atoms with van der Waals surface area (Å²) in [6, 6.07) is 0. The fourth-order valence-electron chi connectivity index (χ4n) is 1.55. The zero-order chi connectivity index (χ0) is 10.4. The summed E-state index contributed by atoms with van der Waals surface area (Å²) in [7, 11) is 0. The van der Waals surface area contributed by atoms with Crippen molar-refractivity contribution in [1.82, 2.24) is 9.55 Å². The Bertz CT molecular complexity index is 256. The van der Waals surface area contributed by atoms with E-state index in [4.69, 9.17) is 0 Å². The van der Waals surface area contributed by atoms with Crippen LogP contribution in [0.3, 0.4) is 0 Å². The average molecular weight is 259 g/mol. The topological polar surface area (TPSA) is 17.8 Å². The van der Waals surface area contributed by atoms with Crippen LogP contribution in [0.1, 0.15) is 38.9 Å². The predicted molar refractivity (Wildman–Crippen MR) is 63.8 cm³/mol. The van der Waals surface area contributed by atoms with E-state index in [0.29, 0.717) is 4.83 Å². The second-order valence-electron chi connectivity index (χ2n) is 3.71. The van der Waals surface area contributed by atoms with Gasteiger partial charge in [-0.15, -0.1) is 0 Å². The molecule has 0 amide bonds. The summed E-state index contributed by atoms with van der Waals surface area (Å²) in [5.41, 5.74) is 0. The fourth-order valence-corrected chi connectivity index (χ4v) is 1.88. The highest BCUT2D eigenvalue weighted by Crippen LogP contribution is 2.10. The Balaban J connectivity index is 2.37. The minimum atomic E-state index is 0.622. The van der Waals surface area contributed by atoms with E-state index >= 15 is 0 Å². The number of alkyl halides is 1. The third kappa shape index (κ3) is 3.82. The molecule has 0 aliphatic rings. The molecule has 1 unspecified atom stereocenters. The Kier molecular flexibility index (Phi) is 5.23. The third-order valence-corrected chi connectivity index (χ3v) is 2.73. The Morgan fingerprint density at radius 1 is 1.57 bits per heavy atom. The Morgan fingerprint density at radius 2 is 2.36 bits per heavy atom. The van der Waals surface area contributed by atoms with E-state index in [1.54, 1.807) is 0 Å². The molecule has 0 saturated carbocycles. The number of imidazole rings is 1. The number of aryl methyl sites for hydroxylation is 2. The largest absolute Gasteiger partial charge is 0.335 e. The maximum Gasteiger partial charge on any atom is 0.108 e. The maximum absolute atomic E-state index is 4.38. The lowest BCUT2D eigenvalue weighted by Gasteiger charge is -2.06. The lowest BCUT2D eigenvalue weighted by Crippen LogP contribution is -2.03. The minimum absolute atomic E-state index is 0.622. The van der Waals surface area contributed by atoms with Crippen LogP contribution in [0.4, 0.5) is 0 Å². The fraction of sp³-hybridized carbons (Fsp3) is 0.727. The standard InChI is InChI=1S/C11H19BrN2/c1-3-8-14-9-7-13-11(14)6-4-5-10(2)12/h7,9-10H,3-6,8H2,1-2H3. The van der Waals surface area contributed by atoms with Gasteiger partial charge in [0.15, 0.2) is 0 Å². The summed E-state index contributed by atoms with van der Waals surface area (Å²) >= 11 is 3.56. The summed E-state index contributed by atoms with van der Waals surface area (Å²) in [6.07, 6.45) is 8.70. The monoisotopic (exact) mass is 258 g/mol. The Hall–Kier alpha value is -0.310. The van der Waals surface area contributed by atoms with Crippen LogP contribution >= 0.6 is 15.9 Å². The van der Waals surface area contributed by atoms with Gasteiger partial charge in [0.05, 0.1) is 0 Å². The van der Waals surface area contributed by atoms with Crippen LogP contribution in [0.15, 0.2) is 12.4 Å². The molecule has 1 aromatic rings. The first-order valence-corrected chi connectivity index (χ1v) is 6.29. The van der Waals surface area contributed by atoms with Crippen molar-refractivity contribution in [2.75, 3.05) is 0 Å². The molecule has 2 nitrogen and oxygen atoms in total. The molecule has 3 heteroatoms. The van der Waals surface area contributed by atoms with Crippen molar-refractivity contribution in [3.63, 3.8) is 0 Å². The van der Waals surface area contributed by atoms with E-state index in [1.165, 1.54) is 25.1 Å². The molecule has 0 aromatic carbocycles. The highest BCUT2D eigenvalue weighted by atomic mass is 79.9. The van der Waals surface area contributed by atoms with Crippen LogP contribution < -0.4 is 0 Å². The molecule has 0 N–H and O–H groups in total. The van der Waals surface area contributed by atoms with Gasteiger partial charge in [0.2, 0.25) is 0 Å². The summed E-state index contributed by atoms with van der Waals surface area (Å²) in [5.74, 6) is 1.24. The lowest BCUT2D eigenvalue weighted by molar-refractivity contribution is 0.613. The van der Waals surface area contributed by atoms with Gasteiger partial charge in [-0.3, -0.25) is 0 Å². The lowest BCUT2D eigenvalue weighted by atomic mass is 10.2. The van der Waals surface area contributed by atoms with Gasteiger partial charge in [0.1, 0.15) is 5.82 Å². The van der Waals surface area contributed by atoms with Gasteiger partial charge in [0, 0.05) is 30.2 Å². The van der Waals surface area contributed by atoms with Gasteiger partial charge < -0.3 is 4.57 Å². The zero-order valence-corrected chi connectivity index (χ0v) is 10.6. The van der Waals surface area contributed by atoms with Gasteiger partial charge in [0.25, 0.3) is 0 Å². The molecule has 0 bridgehead atoms. The second-order valence-corrected chi connectivity index (χ2v) is 5.27. The minimum Gasteiger partial charge on any atom is -0.335 e. The van der Waals surface area contributed by atoms with E-state index < -0.39 is 0 Å². The molecular weight excluding hydrogens is 240 g/mol. The first-order valence-electron chi connectivity index (χ1n) is 5.38. The summed E-state index contributed by atoms with van der Waals surface area (Å²) < 4.78 is 2.26. The number of nitrogens with zero attached hydrogens (tertiary/aromatic N) is 2. The van der Waals surface area contributed by atoms with Crippen LogP contribution in [0.5, 0.6) is 0 Å². The smallest absolute Gasteiger partial charge is 0.108 e. The molecule has 0 aliphatic carbocycles. The van der Waals surface area contributed by atoms with Crippen LogP contribution in [0.2, 0.25) is 0 Å². The summed E-state index contributed by atoms with van der Waals surface area (Å²) in [6.45, 7) is 5.49. The van der Waals surface area contributed by atoms with E-state index in [0.717, 1.165) is 13.0 Å². The maximum atomic E-state index is 4.38. The molecule has 0 aliphatic heterocycles. The van der Waals surface area contributed by atoms with Gasteiger partial charge in [-0.1, -0.05) is 29.8 Å². The van der Waals surface area contributed by atoms with Crippen molar-refractivity contribution in [2.45, 2.75) is 50.9 Å². The van der Waals surface area contributed by atoms with Crippen molar-refractivity contribution < 1.29 is 0 Å². The number of aromatic nitrogens is 2. The molecule has 14 heavy (non-hydrogen) atoms. The summed E-state index contributed by atoms with van der Waals surface area (Å²) in [5, 5.41) is 0. The average Bonchev–Trinajstić information content (AvgIpc) is 2.53. The van der Waals surface area contributed by atoms with Crippen LogP contribution in [0, 0.1) is 0 Å².